The number of hydrogen-bond acceptors (Lipinski definition) is 3. The quantitative estimate of drug-likeness (QED) is 0.906. The van der Waals surface area contributed by atoms with Crippen LogP contribution < -0.4 is 10.2 Å². The van der Waals surface area contributed by atoms with Gasteiger partial charge in [0.2, 0.25) is 0 Å². The van der Waals surface area contributed by atoms with Crippen molar-refractivity contribution in [2.24, 2.45) is 0 Å². The summed E-state index contributed by atoms with van der Waals surface area (Å²) in [7, 11) is 1.94. The fourth-order valence-electron chi connectivity index (χ4n) is 2.16. The Morgan fingerprint density at radius 1 is 1.42 bits per heavy atom. The molecule has 0 spiro atoms. The van der Waals surface area contributed by atoms with Gasteiger partial charge in [0.1, 0.15) is 0 Å². The summed E-state index contributed by atoms with van der Waals surface area (Å²) in [6.45, 7) is 6.76. The molecule has 0 aliphatic heterocycles. The van der Waals surface area contributed by atoms with Gasteiger partial charge in [0.05, 0.1) is 0 Å². The van der Waals surface area contributed by atoms with Crippen LogP contribution in [-0.4, -0.2) is 23.6 Å². The van der Waals surface area contributed by atoms with Crippen LogP contribution in [0.5, 0.6) is 0 Å². The maximum absolute atomic E-state index is 14.5. The second kappa shape index (κ2) is 5.45. The summed E-state index contributed by atoms with van der Waals surface area (Å²) in [4.78, 5) is 6.19. The molecule has 19 heavy (non-hydrogen) atoms. The zero-order valence-electron chi connectivity index (χ0n) is 12.3. The standard InChI is InChI=1S/C15H24FN3/c1-15(2,3)18-10-11-8-9-17-14(13(11)16)19(4)12-6-5-7-12/h8-9,12,18H,5-7,10H2,1-4H3. The third-order valence-electron chi connectivity index (χ3n) is 3.72. The van der Waals surface area contributed by atoms with E-state index in [-0.39, 0.29) is 11.4 Å². The smallest absolute Gasteiger partial charge is 0.170 e. The summed E-state index contributed by atoms with van der Waals surface area (Å²) >= 11 is 0. The number of nitrogens with one attached hydrogen (secondary N) is 1. The number of rotatable bonds is 4. The van der Waals surface area contributed by atoms with Crippen molar-refractivity contribution in [1.29, 1.82) is 0 Å². The highest BCUT2D eigenvalue weighted by Gasteiger charge is 2.25. The van der Waals surface area contributed by atoms with Crippen LogP contribution in [0.3, 0.4) is 0 Å². The van der Waals surface area contributed by atoms with Crippen LogP contribution in [0.15, 0.2) is 12.3 Å². The van der Waals surface area contributed by atoms with Gasteiger partial charge in [0.15, 0.2) is 11.6 Å². The van der Waals surface area contributed by atoms with Crippen molar-refractivity contribution in [3.63, 3.8) is 0 Å². The zero-order valence-corrected chi connectivity index (χ0v) is 12.3. The van der Waals surface area contributed by atoms with Crippen molar-refractivity contribution >= 4 is 5.82 Å². The molecule has 1 heterocycles. The van der Waals surface area contributed by atoms with E-state index in [0.717, 1.165) is 12.8 Å². The van der Waals surface area contributed by atoms with Crippen LogP contribution in [0.2, 0.25) is 0 Å². The maximum atomic E-state index is 14.5. The number of pyridine rings is 1. The minimum absolute atomic E-state index is 0.0181. The van der Waals surface area contributed by atoms with Crippen molar-refractivity contribution in [3.8, 4) is 0 Å². The molecule has 0 atom stereocenters. The predicted octanol–water partition coefficient (Wildman–Crippen LogP) is 3.10. The van der Waals surface area contributed by atoms with E-state index in [2.05, 4.69) is 31.1 Å². The lowest BCUT2D eigenvalue weighted by atomic mass is 9.92. The van der Waals surface area contributed by atoms with Crippen LogP contribution in [0.1, 0.15) is 45.6 Å². The molecular weight excluding hydrogens is 241 g/mol. The second-order valence-electron chi connectivity index (χ2n) is 6.41. The monoisotopic (exact) mass is 265 g/mol. The first kappa shape index (κ1) is 14.3. The van der Waals surface area contributed by atoms with E-state index < -0.39 is 0 Å². The fraction of sp³-hybridized carbons (Fsp3) is 0.667. The first-order valence-electron chi connectivity index (χ1n) is 7.00. The highest BCUT2D eigenvalue weighted by Crippen LogP contribution is 2.29. The number of aromatic nitrogens is 1. The van der Waals surface area contributed by atoms with Crippen LogP contribution in [0.25, 0.3) is 0 Å². The SMILES string of the molecule is CN(c1nccc(CNC(C)(C)C)c1F)C1CCC1. The highest BCUT2D eigenvalue weighted by molar-refractivity contribution is 5.43. The van der Waals surface area contributed by atoms with Crippen LogP contribution in [-0.2, 0) is 6.54 Å². The van der Waals surface area contributed by atoms with E-state index in [9.17, 15) is 4.39 Å². The molecule has 0 unspecified atom stereocenters. The normalized spacial score (nSPS) is 16.3. The van der Waals surface area contributed by atoms with Crippen molar-refractivity contribution in [2.75, 3.05) is 11.9 Å². The van der Waals surface area contributed by atoms with E-state index >= 15 is 0 Å². The van der Waals surface area contributed by atoms with E-state index in [0.29, 0.717) is 24.0 Å². The third-order valence-corrected chi connectivity index (χ3v) is 3.72. The van der Waals surface area contributed by atoms with Crippen LogP contribution >= 0.6 is 0 Å². The molecule has 1 saturated carbocycles. The van der Waals surface area contributed by atoms with Crippen molar-refractivity contribution in [2.45, 2.75) is 58.2 Å². The Labute approximate surface area is 115 Å². The molecule has 4 heteroatoms. The van der Waals surface area contributed by atoms with Gasteiger partial charge in [-0.3, -0.25) is 0 Å². The van der Waals surface area contributed by atoms with E-state index in [4.69, 9.17) is 0 Å². The number of halogens is 1. The Kier molecular flexibility index (Phi) is 4.09. The van der Waals surface area contributed by atoms with Gasteiger partial charge in [-0.2, -0.15) is 0 Å². The minimum atomic E-state index is -0.186. The molecule has 1 aromatic heterocycles. The zero-order chi connectivity index (χ0) is 14.0. The van der Waals surface area contributed by atoms with Crippen LogP contribution in [0.4, 0.5) is 10.2 Å². The molecular formula is C15H24FN3. The molecule has 0 bridgehead atoms. The van der Waals surface area contributed by atoms with E-state index in [1.54, 1.807) is 12.3 Å². The summed E-state index contributed by atoms with van der Waals surface area (Å²) in [5.74, 6) is 0.298. The first-order chi connectivity index (χ1) is 8.88. The van der Waals surface area contributed by atoms with Gasteiger partial charge in [-0.25, -0.2) is 9.37 Å². The molecule has 1 aromatic rings. The second-order valence-corrected chi connectivity index (χ2v) is 6.41. The average Bonchev–Trinajstić information content (AvgIpc) is 2.24. The topological polar surface area (TPSA) is 28.2 Å². The molecule has 1 N–H and O–H groups in total. The molecule has 1 fully saturated rings. The summed E-state index contributed by atoms with van der Waals surface area (Å²) in [5, 5.41) is 3.32. The van der Waals surface area contributed by atoms with Crippen LogP contribution in [0, 0.1) is 5.82 Å². The minimum Gasteiger partial charge on any atom is -0.354 e. The Bertz CT molecular complexity index is 436. The van der Waals surface area contributed by atoms with Crippen molar-refractivity contribution in [3.05, 3.63) is 23.6 Å². The van der Waals surface area contributed by atoms with Gasteiger partial charge in [-0.15, -0.1) is 0 Å². The molecule has 0 saturated heterocycles. The summed E-state index contributed by atoms with van der Waals surface area (Å²) in [6, 6.07) is 2.21. The van der Waals surface area contributed by atoms with Gasteiger partial charge in [-0.05, 0) is 46.1 Å². The maximum Gasteiger partial charge on any atom is 0.170 e. The largest absolute Gasteiger partial charge is 0.354 e. The molecule has 0 aromatic carbocycles. The molecule has 0 amide bonds. The fourth-order valence-corrected chi connectivity index (χ4v) is 2.16. The predicted molar refractivity (Wildman–Crippen MR) is 76.8 cm³/mol. The van der Waals surface area contributed by atoms with Crippen molar-refractivity contribution < 1.29 is 4.39 Å². The number of anilines is 1. The van der Waals surface area contributed by atoms with Gasteiger partial charge in [0.25, 0.3) is 0 Å². The first-order valence-corrected chi connectivity index (χ1v) is 7.00. The molecule has 1 aliphatic rings. The summed E-state index contributed by atoms with van der Waals surface area (Å²) in [6.07, 6.45) is 5.22. The van der Waals surface area contributed by atoms with Gasteiger partial charge in [0, 0.05) is 36.9 Å². The van der Waals surface area contributed by atoms with Gasteiger partial charge in [-0.1, -0.05) is 0 Å². The highest BCUT2D eigenvalue weighted by atomic mass is 19.1. The Balaban J connectivity index is 2.13. The summed E-state index contributed by atoms with van der Waals surface area (Å²) in [5.41, 5.74) is 0.668. The summed E-state index contributed by atoms with van der Waals surface area (Å²) < 4.78 is 14.5. The van der Waals surface area contributed by atoms with E-state index in [1.165, 1.54) is 6.42 Å². The lowest BCUT2D eigenvalue weighted by molar-refractivity contribution is 0.393. The molecule has 2 rings (SSSR count). The molecule has 1 aliphatic carbocycles. The lowest BCUT2D eigenvalue weighted by Gasteiger charge is -2.35. The number of nitrogens with zero attached hydrogens (tertiary/aromatic N) is 2. The molecule has 106 valence electrons. The van der Waals surface area contributed by atoms with Gasteiger partial charge < -0.3 is 10.2 Å². The lowest BCUT2D eigenvalue weighted by Crippen LogP contribution is -2.38. The van der Waals surface area contributed by atoms with Gasteiger partial charge >= 0.3 is 0 Å². The Morgan fingerprint density at radius 2 is 2.11 bits per heavy atom. The Morgan fingerprint density at radius 3 is 2.63 bits per heavy atom. The average molecular weight is 265 g/mol. The molecule has 3 nitrogen and oxygen atoms in total. The molecule has 0 radical (unpaired) electrons. The third kappa shape index (κ3) is 3.44. The van der Waals surface area contributed by atoms with E-state index in [1.807, 2.05) is 11.9 Å². The van der Waals surface area contributed by atoms with Crippen molar-refractivity contribution in [1.82, 2.24) is 10.3 Å². The number of hydrogen-bond donors (Lipinski definition) is 1. The Hall–Kier alpha value is -1.16.